The van der Waals surface area contributed by atoms with Crippen molar-refractivity contribution >= 4 is 45.2 Å². The average Bonchev–Trinajstić information content (AvgIpc) is 3.09. The number of rotatable bonds is 6. The summed E-state index contributed by atoms with van der Waals surface area (Å²) in [5.74, 6) is 0.691. The van der Waals surface area contributed by atoms with E-state index in [0.717, 1.165) is 40.3 Å². The Morgan fingerprint density at radius 1 is 1.37 bits per heavy atom. The van der Waals surface area contributed by atoms with E-state index in [-0.39, 0.29) is 17.8 Å². The van der Waals surface area contributed by atoms with E-state index in [1.54, 1.807) is 23.2 Å². The highest BCUT2D eigenvalue weighted by Gasteiger charge is 2.29. The highest BCUT2D eigenvalue weighted by Crippen LogP contribution is 2.32. The van der Waals surface area contributed by atoms with Gasteiger partial charge < -0.3 is 9.64 Å². The van der Waals surface area contributed by atoms with E-state index in [9.17, 15) is 9.59 Å². The largest absolute Gasteiger partial charge is 0.466 e. The summed E-state index contributed by atoms with van der Waals surface area (Å²) in [4.78, 5) is 37.8. The molecule has 0 aromatic carbocycles. The molecule has 1 unspecified atom stereocenters. The Balaban J connectivity index is 1.66. The lowest BCUT2D eigenvalue weighted by atomic mass is 9.98. The molecular formula is C19H25N3O3S2. The van der Waals surface area contributed by atoms with E-state index in [0.29, 0.717) is 25.4 Å². The van der Waals surface area contributed by atoms with Crippen LogP contribution in [0.15, 0.2) is 11.1 Å². The molecular weight excluding hydrogens is 382 g/mol. The van der Waals surface area contributed by atoms with Crippen LogP contribution in [0.2, 0.25) is 0 Å². The fraction of sp³-hybridized carbons (Fsp3) is 0.579. The van der Waals surface area contributed by atoms with Gasteiger partial charge in [-0.3, -0.25) is 9.59 Å². The van der Waals surface area contributed by atoms with Crippen molar-refractivity contribution in [3.05, 3.63) is 16.8 Å². The van der Waals surface area contributed by atoms with Crippen LogP contribution >= 0.6 is 23.1 Å². The summed E-state index contributed by atoms with van der Waals surface area (Å²) in [7, 11) is 0. The van der Waals surface area contributed by atoms with Gasteiger partial charge in [0, 0.05) is 23.4 Å². The molecule has 1 fully saturated rings. The Kier molecular flexibility index (Phi) is 6.70. The van der Waals surface area contributed by atoms with Crippen molar-refractivity contribution < 1.29 is 14.3 Å². The van der Waals surface area contributed by atoms with Crippen molar-refractivity contribution in [2.75, 3.05) is 25.4 Å². The second-order valence-corrected chi connectivity index (χ2v) is 8.66. The first-order valence-corrected chi connectivity index (χ1v) is 11.2. The molecule has 0 spiro atoms. The second kappa shape index (κ2) is 9.01. The predicted molar refractivity (Wildman–Crippen MR) is 108 cm³/mol. The Labute approximate surface area is 167 Å². The zero-order chi connectivity index (χ0) is 19.4. The van der Waals surface area contributed by atoms with Crippen molar-refractivity contribution in [3.63, 3.8) is 0 Å². The van der Waals surface area contributed by atoms with Crippen molar-refractivity contribution in [2.45, 2.75) is 45.1 Å². The lowest BCUT2D eigenvalue weighted by Crippen LogP contribution is -2.43. The minimum absolute atomic E-state index is 0.0457. The van der Waals surface area contributed by atoms with Gasteiger partial charge >= 0.3 is 5.97 Å². The summed E-state index contributed by atoms with van der Waals surface area (Å²) in [5.41, 5.74) is 0. The molecule has 1 aliphatic rings. The third-order valence-electron chi connectivity index (χ3n) is 4.60. The number of carbonyl (C=O) groups is 2. The zero-order valence-corrected chi connectivity index (χ0v) is 17.6. The molecule has 0 saturated carbocycles. The molecule has 0 bridgehead atoms. The van der Waals surface area contributed by atoms with E-state index in [4.69, 9.17) is 4.74 Å². The van der Waals surface area contributed by atoms with Gasteiger partial charge in [-0.1, -0.05) is 18.7 Å². The Bertz CT molecular complexity index is 837. The fourth-order valence-electron chi connectivity index (χ4n) is 3.21. The number of aromatic nitrogens is 2. The van der Waals surface area contributed by atoms with Crippen LogP contribution in [-0.4, -0.2) is 52.2 Å². The predicted octanol–water partition coefficient (Wildman–Crippen LogP) is 3.46. The Morgan fingerprint density at radius 2 is 2.19 bits per heavy atom. The van der Waals surface area contributed by atoms with Crippen LogP contribution in [-0.2, 0) is 20.7 Å². The first-order valence-electron chi connectivity index (χ1n) is 9.36. The van der Waals surface area contributed by atoms with Gasteiger partial charge in [-0.2, -0.15) is 0 Å². The van der Waals surface area contributed by atoms with E-state index in [1.807, 2.05) is 6.92 Å². The maximum Gasteiger partial charge on any atom is 0.310 e. The molecule has 1 aliphatic heterocycles. The van der Waals surface area contributed by atoms with Crippen LogP contribution in [0.5, 0.6) is 0 Å². The minimum Gasteiger partial charge on any atom is -0.466 e. The zero-order valence-electron chi connectivity index (χ0n) is 16.0. The van der Waals surface area contributed by atoms with Gasteiger partial charge in [0.1, 0.15) is 15.7 Å². The van der Waals surface area contributed by atoms with Crippen LogP contribution in [0.1, 0.15) is 37.4 Å². The maximum atomic E-state index is 12.7. The molecule has 0 N–H and O–H groups in total. The van der Waals surface area contributed by atoms with Crippen molar-refractivity contribution in [1.29, 1.82) is 0 Å². The molecule has 1 atom stereocenters. The molecule has 2 aromatic rings. The third kappa shape index (κ3) is 4.79. The van der Waals surface area contributed by atoms with Crippen molar-refractivity contribution in [2.24, 2.45) is 5.92 Å². The summed E-state index contributed by atoms with van der Waals surface area (Å²) >= 11 is 3.14. The SMILES string of the molecule is CCOC(=O)C1CCCN(C(=O)CSc2nc(C)nc3sc(CC)cc23)C1. The number of carbonyl (C=O) groups excluding carboxylic acids is 2. The molecule has 1 amide bonds. The number of fused-ring (bicyclic) bond motifs is 1. The summed E-state index contributed by atoms with van der Waals surface area (Å²) in [6.45, 7) is 7.34. The smallest absolute Gasteiger partial charge is 0.310 e. The maximum absolute atomic E-state index is 12.7. The first kappa shape index (κ1) is 20.1. The highest BCUT2D eigenvalue weighted by molar-refractivity contribution is 8.00. The van der Waals surface area contributed by atoms with Gasteiger partial charge in [-0.15, -0.1) is 11.3 Å². The van der Waals surface area contributed by atoms with Crippen LogP contribution in [0.3, 0.4) is 0 Å². The number of thiophene rings is 1. The van der Waals surface area contributed by atoms with Gasteiger partial charge in [0.25, 0.3) is 0 Å². The van der Waals surface area contributed by atoms with Gasteiger partial charge in [-0.25, -0.2) is 9.97 Å². The third-order valence-corrected chi connectivity index (χ3v) is 6.74. The highest BCUT2D eigenvalue weighted by atomic mass is 32.2. The molecule has 0 aliphatic carbocycles. The van der Waals surface area contributed by atoms with Gasteiger partial charge in [0.05, 0.1) is 18.3 Å². The van der Waals surface area contributed by atoms with Crippen LogP contribution < -0.4 is 0 Å². The lowest BCUT2D eigenvalue weighted by molar-refractivity contribution is -0.151. The quantitative estimate of drug-likeness (QED) is 0.415. The molecule has 3 rings (SSSR count). The lowest BCUT2D eigenvalue weighted by Gasteiger charge is -2.31. The van der Waals surface area contributed by atoms with E-state index in [1.165, 1.54) is 16.6 Å². The molecule has 0 radical (unpaired) electrons. The number of nitrogens with zero attached hydrogens (tertiary/aromatic N) is 3. The Morgan fingerprint density at radius 3 is 2.93 bits per heavy atom. The number of esters is 1. The summed E-state index contributed by atoms with van der Waals surface area (Å²) < 4.78 is 5.12. The monoisotopic (exact) mass is 407 g/mol. The van der Waals surface area contributed by atoms with Crippen LogP contribution in [0, 0.1) is 12.8 Å². The molecule has 2 aromatic heterocycles. The number of aryl methyl sites for hydroxylation is 2. The number of likely N-dealkylation sites (tertiary alicyclic amines) is 1. The van der Waals surface area contributed by atoms with E-state index in [2.05, 4.69) is 23.0 Å². The number of ether oxygens (including phenoxy) is 1. The van der Waals surface area contributed by atoms with Gasteiger partial charge in [0.15, 0.2) is 0 Å². The van der Waals surface area contributed by atoms with Gasteiger partial charge in [-0.05, 0) is 39.2 Å². The molecule has 1 saturated heterocycles. The summed E-state index contributed by atoms with van der Waals surface area (Å²) in [6, 6.07) is 2.13. The average molecular weight is 408 g/mol. The molecule has 3 heterocycles. The molecule has 27 heavy (non-hydrogen) atoms. The number of piperidine rings is 1. The number of hydrogen-bond acceptors (Lipinski definition) is 7. The topological polar surface area (TPSA) is 72.4 Å². The first-order chi connectivity index (χ1) is 13.0. The normalized spacial score (nSPS) is 17.3. The summed E-state index contributed by atoms with van der Waals surface area (Å²) in [6.07, 6.45) is 2.59. The van der Waals surface area contributed by atoms with Crippen LogP contribution in [0.25, 0.3) is 10.2 Å². The standard InChI is InChI=1S/C19H25N3O3S2/c1-4-14-9-15-17(20-12(3)21-18(15)27-14)26-11-16(23)22-8-6-7-13(10-22)19(24)25-5-2/h9,13H,4-8,10-11H2,1-3H3. The number of hydrogen-bond donors (Lipinski definition) is 0. The Hall–Kier alpha value is -1.67. The van der Waals surface area contributed by atoms with Crippen LogP contribution in [0.4, 0.5) is 0 Å². The molecule has 6 nitrogen and oxygen atoms in total. The van der Waals surface area contributed by atoms with Crippen molar-refractivity contribution in [3.8, 4) is 0 Å². The van der Waals surface area contributed by atoms with Gasteiger partial charge in [0.2, 0.25) is 5.91 Å². The van der Waals surface area contributed by atoms with E-state index >= 15 is 0 Å². The molecule has 146 valence electrons. The fourth-order valence-corrected chi connectivity index (χ4v) is 5.24. The summed E-state index contributed by atoms with van der Waals surface area (Å²) in [5, 5.41) is 1.89. The second-order valence-electron chi connectivity index (χ2n) is 6.58. The molecule has 8 heteroatoms. The number of thioether (sulfide) groups is 1. The van der Waals surface area contributed by atoms with E-state index < -0.39 is 0 Å². The minimum atomic E-state index is -0.204. The van der Waals surface area contributed by atoms with Crippen molar-refractivity contribution in [1.82, 2.24) is 14.9 Å². The number of amides is 1.